The molecule has 1 fully saturated rings. The zero-order valence-corrected chi connectivity index (χ0v) is 18.6. The van der Waals surface area contributed by atoms with Gasteiger partial charge in [-0.2, -0.15) is 5.26 Å². The van der Waals surface area contributed by atoms with Crippen molar-refractivity contribution >= 4 is 29.1 Å². The van der Waals surface area contributed by atoms with Crippen LogP contribution in [-0.4, -0.2) is 40.9 Å². The summed E-state index contributed by atoms with van der Waals surface area (Å²) in [4.78, 5) is 33.4. The van der Waals surface area contributed by atoms with Crippen molar-refractivity contribution in [3.63, 3.8) is 0 Å². The normalized spacial score (nSPS) is 17.8. The number of carbonyl (C=O) groups is 2. The number of nitriles is 1. The van der Waals surface area contributed by atoms with Gasteiger partial charge in [-0.05, 0) is 51.7 Å². The molecule has 0 atom stereocenters. The van der Waals surface area contributed by atoms with Crippen molar-refractivity contribution in [1.29, 1.82) is 5.26 Å². The fraction of sp³-hybridized carbons (Fsp3) is 0.435. The first-order valence-corrected chi connectivity index (χ1v) is 10.8. The minimum atomic E-state index is -0.188. The second-order valence-electron chi connectivity index (χ2n) is 8.22. The number of carbonyl (C=O) groups excluding carboxylic acids is 2. The van der Waals surface area contributed by atoms with E-state index in [-0.39, 0.29) is 29.8 Å². The zero-order chi connectivity index (χ0) is 23.1. The number of aromatic nitrogens is 2. The highest BCUT2D eigenvalue weighted by atomic mass is 16.2. The lowest BCUT2D eigenvalue weighted by Gasteiger charge is -2.28. The molecule has 168 valence electrons. The highest BCUT2D eigenvalue weighted by Crippen LogP contribution is 2.26. The molecule has 9 heteroatoms. The molecule has 2 aromatic rings. The van der Waals surface area contributed by atoms with Gasteiger partial charge in [0.15, 0.2) is 0 Å². The largest absolute Gasteiger partial charge is 0.382 e. The van der Waals surface area contributed by atoms with Crippen LogP contribution in [0, 0.1) is 17.2 Å². The fourth-order valence-corrected chi connectivity index (χ4v) is 3.77. The minimum absolute atomic E-state index is 0.0224. The van der Waals surface area contributed by atoms with E-state index in [1.54, 1.807) is 31.4 Å². The molecule has 0 aliphatic heterocycles. The third-order valence-electron chi connectivity index (χ3n) is 5.42. The van der Waals surface area contributed by atoms with E-state index >= 15 is 0 Å². The van der Waals surface area contributed by atoms with Crippen LogP contribution < -0.4 is 21.3 Å². The summed E-state index contributed by atoms with van der Waals surface area (Å²) in [7, 11) is 1.66. The Morgan fingerprint density at radius 2 is 1.81 bits per heavy atom. The van der Waals surface area contributed by atoms with Crippen LogP contribution in [0.3, 0.4) is 0 Å². The lowest BCUT2D eigenvalue weighted by Crippen LogP contribution is -2.40. The van der Waals surface area contributed by atoms with E-state index in [1.165, 1.54) is 6.20 Å². The molecule has 1 saturated carbocycles. The van der Waals surface area contributed by atoms with Crippen LogP contribution in [0.2, 0.25) is 0 Å². The second kappa shape index (κ2) is 10.6. The zero-order valence-electron chi connectivity index (χ0n) is 18.6. The van der Waals surface area contributed by atoms with Crippen molar-refractivity contribution in [3.8, 4) is 6.07 Å². The van der Waals surface area contributed by atoms with Crippen LogP contribution in [-0.2, 0) is 4.79 Å². The van der Waals surface area contributed by atoms with Crippen LogP contribution in [0.25, 0.3) is 0 Å². The lowest BCUT2D eigenvalue weighted by atomic mass is 9.85. The average molecular weight is 436 g/mol. The standard InChI is InChI=1S/C23H29N7O2/c1-14(2)28-19-10-21(30-20-9-4-15(11-24)12-26-20)27-13-18(19)23(32)29-17-7-5-16(6-8-17)22(31)25-3/h4,9-10,12-14,16-17H,5-8H2,1-3H3,(H,25,31)(H,29,32)(H2,26,27,28,30)/t16-,17-. The van der Waals surface area contributed by atoms with E-state index in [0.29, 0.717) is 28.5 Å². The van der Waals surface area contributed by atoms with Gasteiger partial charge in [-0.1, -0.05) is 0 Å². The van der Waals surface area contributed by atoms with Gasteiger partial charge in [-0.25, -0.2) is 9.97 Å². The summed E-state index contributed by atoms with van der Waals surface area (Å²) in [6.07, 6.45) is 6.10. The molecule has 0 spiro atoms. The van der Waals surface area contributed by atoms with Gasteiger partial charge in [0, 0.05) is 43.5 Å². The van der Waals surface area contributed by atoms with E-state index < -0.39 is 0 Å². The molecule has 2 amide bonds. The van der Waals surface area contributed by atoms with Gasteiger partial charge in [0.1, 0.15) is 17.7 Å². The molecule has 1 aliphatic rings. The van der Waals surface area contributed by atoms with Crippen LogP contribution in [0.5, 0.6) is 0 Å². The molecule has 0 saturated heterocycles. The Bertz CT molecular complexity index is 990. The van der Waals surface area contributed by atoms with Gasteiger partial charge in [0.05, 0.1) is 16.8 Å². The smallest absolute Gasteiger partial charge is 0.255 e. The number of pyridine rings is 2. The number of nitrogens with zero attached hydrogens (tertiary/aromatic N) is 3. The summed E-state index contributed by atoms with van der Waals surface area (Å²) < 4.78 is 0. The van der Waals surface area contributed by atoms with Crippen molar-refractivity contribution in [2.75, 3.05) is 17.7 Å². The first kappa shape index (κ1) is 23.0. The summed E-state index contributed by atoms with van der Waals surface area (Å²) in [6, 6.07) is 7.33. The van der Waals surface area contributed by atoms with Gasteiger partial charge in [-0.15, -0.1) is 0 Å². The van der Waals surface area contributed by atoms with E-state index in [1.807, 2.05) is 19.9 Å². The Morgan fingerprint density at radius 3 is 2.41 bits per heavy atom. The SMILES string of the molecule is CNC(=O)[C@H]1CC[C@H](NC(=O)c2cnc(Nc3ccc(C#N)cn3)cc2NC(C)C)CC1. The van der Waals surface area contributed by atoms with Crippen LogP contribution in [0.4, 0.5) is 17.3 Å². The lowest BCUT2D eigenvalue weighted by molar-refractivity contribution is -0.125. The van der Waals surface area contributed by atoms with E-state index in [9.17, 15) is 9.59 Å². The second-order valence-corrected chi connectivity index (χ2v) is 8.22. The first-order chi connectivity index (χ1) is 15.4. The Balaban J connectivity index is 1.70. The first-order valence-electron chi connectivity index (χ1n) is 10.8. The number of rotatable bonds is 7. The van der Waals surface area contributed by atoms with E-state index in [4.69, 9.17) is 5.26 Å². The van der Waals surface area contributed by atoms with Gasteiger partial charge < -0.3 is 21.3 Å². The predicted octanol–water partition coefficient (Wildman–Crippen LogP) is 2.95. The molecule has 0 aromatic carbocycles. The van der Waals surface area contributed by atoms with Crippen molar-refractivity contribution < 1.29 is 9.59 Å². The van der Waals surface area contributed by atoms with Crippen molar-refractivity contribution in [1.82, 2.24) is 20.6 Å². The molecular weight excluding hydrogens is 406 g/mol. The molecule has 4 N–H and O–H groups in total. The fourth-order valence-electron chi connectivity index (χ4n) is 3.77. The molecule has 0 bridgehead atoms. The van der Waals surface area contributed by atoms with Gasteiger partial charge in [0.2, 0.25) is 5.91 Å². The molecule has 32 heavy (non-hydrogen) atoms. The summed E-state index contributed by atoms with van der Waals surface area (Å²) in [5.41, 5.74) is 1.61. The van der Waals surface area contributed by atoms with Crippen molar-refractivity contribution in [2.45, 2.75) is 51.6 Å². The van der Waals surface area contributed by atoms with Crippen molar-refractivity contribution in [3.05, 3.63) is 41.7 Å². The average Bonchev–Trinajstić information content (AvgIpc) is 2.79. The topological polar surface area (TPSA) is 132 Å². The molecule has 1 aliphatic carbocycles. The molecule has 2 aromatic heterocycles. The number of nitrogens with one attached hydrogen (secondary N) is 4. The summed E-state index contributed by atoms with van der Waals surface area (Å²) >= 11 is 0. The maximum atomic E-state index is 13.0. The Labute approximate surface area is 188 Å². The Kier molecular flexibility index (Phi) is 7.60. The van der Waals surface area contributed by atoms with Crippen molar-refractivity contribution in [2.24, 2.45) is 5.92 Å². The Hall–Kier alpha value is -3.67. The molecule has 3 rings (SSSR count). The third kappa shape index (κ3) is 5.94. The maximum Gasteiger partial charge on any atom is 0.255 e. The molecular formula is C23H29N7O2. The van der Waals surface area contributed by atoms with Gasteiger partial charge in [0.25, 0.3) is 5.91 Å². The number of hydrogen-bond acceptors (Lipinski definition) is 7. The van der Waals surface area contributed by atoms with Crippen LogP contribution in [0.15, 0.2) is 30.6 Å². The monoisotopic (exact) mass is 435 g/mol. The van der Waals surface area contributed by atoms with Gasteiger partial charge >= 0.3 is 0 Å². The molecule has 0 unspecified atom stereocenters. The summed E-state index contributed by atoms with van der Waals surface area (Å²) in [6.45, 7) is 3.99. The summed E-state index contributed by atoms with van der Waals surface area (Å²) in [5, 5.41) is 21.1. The Morgan fingerprint density at radius 1 is 1.09 bits per heavy atom. The summed E-state index contributed by atoms with van der Waals surface area (Å²) in [5.74, 6) is 0.994. The van der Waals surface area contributed by atoms with E-state index in [2.05, 4.69) is 31.2 Å². The minimum Gasteiger partial charge on any atom is -0.382 e. The quantitative estimate of drug-likeness (QED) is 0.526. The molecule has 2 heterocycles. The maximum absolute atomic E-state index is 13.0. The third-order valence-corrected chi connectivity index (χ3v) is 5.42. The molecule has 9 nitrogen and oxygen atoms in total. The number of hydrogen-bond donors (Lipinski definition) is 4. The van der Waals surface area contributed by atoms with Crippen LogP contribution >= 0.6 is 0 Å². The highest BCUT2D eigenvalue weighted by molar-refractivity contribution is 6.00. The molecule has 0 radical (unpaired) electrons. The predicted molar refractivity (Wildman–Crippen MR) is 123 cm³/mol. The number of amides is 2. The van der Waals surface area contributed by atoms with Crippen LogP contribution in [0.1, 0.15) is 55.5 Å². The number of anilines is 3. The van der Waals surface area contributed by atoms with E-state index in [0.717, 1.165) is 25.7 Å². The van der Waals surface area contributed by atoms with Gasteiger partial charge in [-0.3, -0.25) is 9.59 Å². The highest BCUT2D eigenvalue weighted by Gasteiger charge is 2.27.